The fourth-order valence-electron chi connectivity index (χ4n) is 3.76. The first-order chi connectivity index (χ1) is 14.1. The Morgan fingerprint density at radius 2 is 1.87 bits per heavy atom. The number of nitrogens with one attached hydrogen (secondary N) is 3. The van der Waals surface area contributed by atoms with Gasteiger partial charge in [-0.1, -0.05) is 0 Å². The second-order valence-corrected chi connectivity index (χ2v) is 10.3. The maximum absolute atomic E-state index is 11.4. The molecule has 166 valence electrons. The Morgan fingerprint density at radius 1 is 1.17 bits per heavy atom. The van der Waals surface area contributed by atoms with E-state index in [1.54, 1.807) is 13.1 Å². The molecule has 2 aromatic rings. The van der Waals surface area contributed by atoms with Crippen LogP contribution in [0.2, 0.25) is 0 Å². The van der Waals surface area contributed by atoms with Gasteiger partial charge in [0.2, 0.25) is 16.0 Å². The molecule has 2 heterocycles. The zero-order valence-electron chi connectivity index (χ0n) is 18.0. The molecule has 9 nitrogen and oxygen atoms in total. The van der Waals surface area contributed by atoms with Gasteiger partial charge >= 0.3 is 0 Å². The van der Waals surface area contributed by atoms with E-state index in [1.807, 2.05) is 19.9 Å². The van der Waals surface area contributed by atoms with E-state index >= 15 is 0 Å². The van der Waals surface area contributed by atoms with Crippen LogP contribution in [0.1, 0.15) is 58.3 Å². The minimum absolute atomic E-state index is 0.0343. The van der Waals surface area contributed by atoms with Crippen molar-refractivity contribution in [3.05, 3.63) is 18.0 Å². The van der Waals surface area contributed by atoms with E-state index in [4.69, 9.17) is 0 Å². The van der Waals surface area contributed by atoms with Gasteiger partial charge in [0.15, 0.2) is 5.82 Å². The van der Waals surface area contributed by atoms with Crippen LogP contribution in [0.3, 0.4) is 0 Å². The lowest BCUT2D eigenvalue weighted by molar-refractivity contribution is 0.194. The van der Waals surface area contributed by atoms with Crippen molar-refractivity contribution in [1.29, 1.82) is 0 Å². The van der Waals surface area contributed by atoms with Gasteiger partial charge in [-0.3, -0.25) is 0 Å². The number of fused-ring (bicyclic) bond motifs is 1. The average molecular weight is 437 g/mol. The van der Waals surface area contributed by atoms with Crippen molar-refractivity contribution in [2.75, 3.05) is 23.4 Å². The fourth-order valence-corrected chi connectivity index (χ4v) is 4.60. The molecule has 1 atom stereocenters. The smallest absolute Gasteiger partial charge is 0.223 e. The molecule has 1 saturated carbocycles. The Labute approximate surface area is 178 Å². The van der Waals surface area contributed by atoms with Gasteiger partial charge in [-0.25, -0.2) is 28.1 Å². The molecule has 30 heavy (non-hydrogen) atoms. The summed E-state index contributed by atoms with van der Waals surface area (Å²) in [6.45, 7) is 6.48. The quantitative estimate of drug-likeness (QED) is 0.496. The Bertz CT molecular complexity index is 972. The second kappa shape index (κ2) is 9.40. The molecule has 1 fully saturated rings. The number of pyridine rings is 1. The summed E-state index contributed by atoms with van der Waals surface area (Å²) in [6, 6.07) is 2.02. The van der Waals surface area contributed by atoms with E-state index in [0.717, 1.165) is 37.6 Å². The summed E-state index contributed by atoms with van der Waals surface area (Å²) in [5, 5.41) is 17.4. The highest BCUT2D eigenvalue weighted by Crippen LogP contribution is 2.27. The van der Waals surface area contributed by atoms with Crippen LogP contribution in [0.5, 0.6) is 0 Å². The first-order valence-electron chi connectivity index (χ1n) is 10.4. The molecule has 10 heteroatoms. The van der Waals surface area contributed by atoms with Crippen LogP contribution >= 0.6 is 0 Å². The number of hydrogen-bond acceptors (Lipinski definition) is 8. The first-order valence-corrected chi connectivity index (χ1v) is 12.3. The number of aromatic nitrogens is 3. The molecule has 1 aliphatic rings. The van der Waals surface area contributed by atoms with Gasteiger partial charge in [-0.2, -0.15) is 0 Å². The highest BCUT2D eigenvalue weighted by molar-refractivity contribution is 7.88. The van der Waals surface area contributed by atoms with E-state index in [0.29, 0.717) is 28.9 Å². The van der Waals surface area contributed by atoms with Gasteiger partial charge < -0.3 is 15.7 Å². The molecular weight excluding hydrogens is 404 g/mol. The van der Waals surface area contributed by atoms with Crippen LogP contribution in [-0.4, -0.2) is 53.4 Å². The number of aliphatic hydroxyl groups excluding tert-OH is 1. The number of rotatable bonds is 8. The average Bonchev–Trinajstić information content (AvgIpc) is 2.65. The summed E-state index contributed by atoms with van der Waals surface area (Å²) in [5.41, 5.74) is 1.29. The van der Waals surface area contributed by atoms with Crippen molar-refractivity contribution in [3.63, 3.8) is 0 Å². The maximum Gasteiger partial charge on any atom is 0.223 e. The summed E-state index contributed by atoms with van der Waals surface area (Å²) in [5.74, 6) is 1.62. The Morgan fingerprint density at radius 3 is 2.47 bits per heavy atom. The van der Waals surface area contributed by atoms with E-state index in [9.17, 15) is 13.5 Å². The predicted octanol–water partition coefficient (Wildman–Crippen LogP) is 2.42. The van der Waals surface area contributed by atoms with E-state index in [1.165, 1.54) is 6.26 Å². The Hall–Kier alpha value is -2.04. The van der Waals surface area contributed by atoms with Crippen molar-refractivity contribution in [2.45, 2.75) is 64.6 Å². The van der Waals surface area contributed by atoms with Crippen molar-refractivity contribution < 1.29 is 13.5 Å². The minimum Gasteiger partial charge on any atom is -0.387 e. The number of anilines is 2. The summed E-state index contributed by atoms with van der Waals surface area (Å²) >= 11 is 0. The van der Waals surface area contributed by atoms with Gasteiger partial charge in [0, 0.05) is 30.2 Å². The molecular formula is C20H32N6O3S. The summed E-state index contributed by atoms with van der Waals surface area (Å²) in [6.07, 6.45) is 5.86. The largest absolute Gasteiger partial charge is 0.387 e. The third-order valence-electron chi connectivity index (χ3n) is 5.22. The number of nitrogens with zero attached hydrogens (tertiary/aromatic N) is 3. The molecule has 0 spiro atoms. The third kappa shape index (κ3) is 6.23. The highest BCUT2D eigenvalue weighted by atomic mass is 32.2. The van der Waals surface area contributed by atoms with Gasteiger partial charge in [-0.15, -0.1) is 0 Å². The molecule has 0 aromatic carbocycles. The molecule has 0 aliphatic heterocycles. The molecule has 0 radical (unpaired) electrons. The Balaban J connectivity index is 1.68. The van der Waals surface area contributed by atoms with Crippen LogP contribution in [-0.2, 0) is 10.0 Å². The van der Waals surface area contributed by atoms with Crippen molar-refractivity contribution >= 4 is 32.7 Å². The van der Waals surface area contributed by atoms with Crippen LogP contribution < -0.4 is 15.4 Å². The summed E-state index contributed by atoms with van der Waals surface area (Å²) in [4.78, 5) is 13.6. The molecule has 0 unspecified atom stereocenters. The number of sulfonamides is 1. The molecule has 0 bridgehead atoms. The standard InChI is InChI=1S/C20H32N6O3S/c1-12(2)23-19-18-15(9-17(24-19)13(3)27)11-22-20(25-18)21-10-14-5-7-16(8-6-14)26-30(4,28)29/h9,11-14,16,26-27H,5-8,10H2,1-4H3,(H,23,24)(H,21,22,25)/t13-,14?,16?/m1/s1. The van der Waals surface area contributed by atoms with Gasteiger partial charge in [0.25, 0.3) is 0 Å². The monoisotopic (exact) mass is 436 g/mol. The topological polar surface area (TPSA) is 129 Å². The molecule has 4 N–H and O–H groups in total. The minimum atomic E-state index is -3.15. The van der Waals surface area contributed by atoms with Crippen LogP contribution in [0.15, 0.2) is 12.3 Å². The molecule has 0 amide bonds. The summed E-state index contributed by atoms with van der Waals surface area (Å²) < 4.78 is 25.5. The summed E-state index contributed by atoms with van der Waals surface area (Å²) in [7, 11) is -3.15. The van der Waals surface area contributed by atoms with Gasteiger partial charge in [0.1, 0.15) is 5.52 Å². The lowest BCUT2D eigenvalue weighted by Gasteiger charge is -2.28. The maximum atomic E-state index is 11.4. The van der Waals surface area contributed by atoms with E-state index in [-0.39, 0.29) is 12.1 Å². The number of aliphatic hydroxyl groups is 1. The second-order valence-electron chi connectivity index (χ2n) is 8.49. The van der Waals surface area contributed by atoms with E-state index in [2.05, 4.69) is 30.3 Å². The zero-order valence-corrected chi connectivity index (χ0v) is 18.8. The van der Waals surface area contributed by atoms with Gasteiger partial charge in [-0.05, 0) is 58.4 Å². The van der Waals surface area contributed by atoms with Crippen molar-refractivity contribution in [3.8, 4) is 0 Å². The highest BCUT2D eigenvalue weighted by Gasteiger charge is 2.23. The van der Waals surface area contributed by atoms with Crippen LogP contribution in [0.25, 0.3) is 10.9 Å². The molecule has 2 aromatic heterocycles. The van der Waals surface area contributed by atoms with Crippen molar-refractivity contribution in [1.82, 2.24) is 19.7 Å². The normalized spacial score (nSPS) is 21.0. The first kappa shape index (κ1) is 22.6. The van der Waals surface area contributed by atoms with E-state index < -0.39 is 16.1 Å². The number of hydrogen-bond donors (Lipinski definition) is 4. The fraction of sp³-hybridized carbons (Fsp3) is 0.650. The molecule has 3 rings (SSSR count). The molecule has 1 aliphatic carbocycles. The zero-order chi connectivity index (χ0) is 21.9. The van der Waals surface area contributed by atoms with Crippen molar-refractivity contribution in [2.24, 2.45) is 5.92 Å². The lowest BCUT2D eigenvalue weighted by atomic mass is 9.86. The van der Waals surface area contributed by atoms with Crippen LogP contribution in [0.4, 0.5) is 11.8 Å². The van der Waals surface area contributed by atoms with Gasteiger partial charge in [0.05, 0.1) is 18.1 Å². The predicted molar refractivity (Wildman–Crippen MR) is 119 cm³/mol. The Kier molecular flexibility index (Phi) is 7.10. The van der Waals surface area contributed by atoms with Crippen LogP contribution in [0, 0.1) is 5.92 Å². The molecule has 0 saturated heterocycles. The SMILES string of the molecule is CC(C)Nc1nc([C@@H](C)O)cc2cnc(NCC3CCC(NS(C)(=O)=O)CC3)nc12. The third-order valence-corrected chi connectivity index (χ3v) is 5.98. The lowest BCUT2D eigenvalue weighted by Crippen LogP contribution is -2.37.